The molecule has 33 heavy (non-hydrogen) atoms. The van der Waals surface area contributed by atoms with Gasteiger partial charge >= 0.3 is 5.69 Å². The molecular weight excluding hydrogens is 426 g/mol. The summed E-state index contributed by atoms with van der Waals surface area (Å²) in [6.07, 6.45) is 3.10. The number of ketones is 1. The molecule has 3 rings (SSSR count). The van der Waals surface area contributed by atoms with Gasteiger partial charge in [-0.1, -0.05) is 24.3 Å². The molecule has 0 atom stereocenters. The van der Waals surface area contributed by atoms with E-state index < -0.39 is 4.92 Å². The van der Waals surface area contributed by atoms with Crippen molar-refractivity contribution in [1.82, 2.24) is 0 Å². The fraction of sp³-hybridized carbons (Fsp3) is 0.160. The van der Waals surface area contributed by atoms with Gasteiger partial charge in [-0.15, -0.1) is 0 Å². The SMILES string of the molecule is COc1ccc(OC)c(C(=O)/C=C/c2ccc(OC)c(COc3ccccc3[N+](=O)[O-])c2)c1. The van der Waals surface area contributed by atoms with Gasteiger partial charge < -0.3 is 18.9 Å². The maximum Gasteiger partial charge on any atom is 0.310 e. The Labute approximate surface area is 191 Å². The van der Waals surface area contributed by atoms with Crippen molar-refractivity contribution < 1.29 is 28.7 Å². The third kappa shape index (κ3) is 5.68. The van der Waals surface area contributed by atoms with E-state index in [4.69, 9.17) is 18.9 Å². The second kappa shape index (κ2) is 10.8. The number of allylic oxidation sites excluding steroid dienone is 1. The van der Waals surface area contributed by atoms with Crippen LogP contribution in [0.1, 0.15) is 21.5 Å². The van der Waals surface area contributed by atoms with Crippen molar-refractivity contribution in [3.05, 3.63) is 93.5 Å². The van der Waals surface area contributed by atoms with Crippen LogP contribution in [0.4, 0.5) is 5.69 Å². The summed E-state index contributed by atoms with van der Waals surface area (Å²) in [6, 6.07) is 16.5. The fourth-order valence-electron chi connectivity index (χ4n) is 3.17. The Balaban J connectivity index is 1.82. The van der Waals surface area contributed by atoms with Crippen molar-refractivity contribution in [1.29, 1.82) is 0 Å². The van der Waals surface area contributed by atoms with Gasteiger partial charge in [0.05, 0.1) is 31.8 Å². The van der Waals surface area contributed by atoms with Crippen molar-refractivity contribution in [3.8, 4) is 23.0 Å². The van der Waals surface area contributed by atoms with Crippen LogP contribution in [0, 0.1) is 10.1 Å². The first-order valence-electron chi connectivity index (χ1n) is 9.94. The summed E-state index contributed by atoms with van der Waals surface area (Å²) in [6.45, 7) is 0.0490. The molecule has 170 valence electrons. The number of para-hydroxylation sites is 2. The highest BCUT2D eigenvalue weighted by molar-refractivity contribution is 6.08. The summed E-state index contributed by atoms with van der Waals surface area (Å²) in [4.78, 5) is 23.5. The lowest BCUT2D eigenvalue weighted by Gasteiger charge is -2.11. The van der Waals surface area contributed by atoms with Gasteiger partial charge in [-0.3, -0.25) is 14.9 Å². The quantitative estimate of drug-likeness (QED) is 0.184. The molecule has 3 aromatic rings. The van der Waals surface area contributed by atoms with Crippen LogP contribution in [0.15, 0.2) is 66.7 Å². The Morgan fingerprint density at radius 1 is 0.909 bits per heavy atom. The van der Waals surface area contributed by atoms with Crippen LogP contribution in [0.3, 0.4) is 0 Å². The van der Waals surface area contributed by atoms with E-state index in [2.05, 4.69) is 0 Å². The number of ether oxygens (including phenoxy) is 4. The number of benzene rings is 3. The number of nitrogens with zero attached hydrogens (tertiary/aromatic N) is 1. The average molecular weight is 449 g/mol. The highest BCUT2D eigenvalue weighted by Gasteiger charge is 2.15. The fourth-order valence-corrected chi connectivity index (χ4v) is 3.17. The first kappa shape index (κ1) is 23.3. The van der Waals surface area contributed by atoms with E-state index in [1.807, 2.05) is 0 Å². The van der Waals surface area contributed by atoms with Crippen LogP contribution >= 0.6 is 0 Å². The minimum Gasteiger partial charge on any atom is -0.497 e. The molecule has 0 aliphatic carbocycles. The largest absolute Gasteiger partial charge is 0.497 e. The third-order valence-electron chi connectivity index (χ3n) is 4.85. The summed E-state index contributed by atoms with van der Waals surface area (Å²) >= 11 is 0. The van der Waals surface area contributed by atoms with Crippen molar-refractivity contribution in [2.75, 3.05) is 21.3 Å². The molecule has 0 fully saturated rings. The molecule has 0 N–H and O–H groups in total. The highest BCUT2D eigenvalue weighted by Crippen LogP contribution is 2.29. The Hall–Kier alpha value is -4.33. The van der Waals surface area contributed by atoms with Gasteiger partial charge in [0.15, 0.2) is 11.5 Å². The van der Waals surface area contributed by atoms with Crippen LogP contribution in [0.2, 0.25) is 0 Å². The number of nitro groups is 1. The zero-order valence-corrected chi connectivity index (χ0v) is 18.4. The summed E-state index contributed by atoms with van der Waals surface area (Å²) in [5.74, 6) is 1.46. The van der Waals surface area contributed by atoms with E-state index >= 15 is 0 Å². The number of carbonyl (C=O) groups is 1. The molecule has 0 aliphatic rings. The molecule has 0 amide bonds. The summed E-state index contributed by atoms with van der Waals surface area (Å²) in [7, 11) is 4.55. The third-order valence-corrected chi connectivity index (χ3v) is 4.85. The van der Waals surface area contributed by atoms with E-state index in [0.29, 0.717) is 28.4 Å². The number of hydrogen-bond donors (Lipinski definition) is 0. The summed E-state index contributed by atoms with van der Waals surface area (Å²) < 4.78 is 21.5. The van der Waals surface area contributed by atoms with Gasteiger partial charge in [0.1, 0.15) is 23.9 Å². The smallest absolute Gasteiger partial charge is 0.310 e. The van der Waals surface area contributed by atoms with Crippen LogP contribution in [-0.2, 0) is 6.61 Å². The number of hydrogen-bond acceptors (Lipinski definition) is 7. The monoisotopic (exact) mass is 449 g/mol. The van der Waals surface area contributed by atoms with Crippen LogP contribution in [0.5, 0.6) is 23.0 Å². The van der Waals surface area contributed by atoms with E-state index in [1.54, 1.807) is 54.6 Å². The van der Waals surface area contributed by atoms with E-state index in [1.165, 1.54) is 39.5 Å². The first-order valence-corrected chi connectivity index (χ1v) is 9.94. The lowest BCUT2D eigenvalue weighted by Crippen LogP contribution is -2.02. The van der Waals surface area contributed by atoms with E-state index in [-0.39, 0.29) is 23.8 Å². The van der Waals surface area contributed by atoms with Crippen molar-refractivity contribution >= 4 is 17.5 Å². The van der Waals surface area contributed by atoms with Crippen LogP contribution in [-0.4, -0.2) is 32.0 Å². The van der Waals surface area contributed by atoms with Gasteiger partial charge in [-0.25, -0.2) is 0 Å². The maximum absolute atomic E-state index is 12.8. The van der Waals surface area contributed by atoms with Gasteiger partial charge in [0.2, 0.25) is 0 Å². The Kier molecular flexibility index (Phi) is 7.64. The lowest BCUT2D eigenvalue weighted by molar-refractivity contribution is -0.385. The zero-order valence-electron chi connectivity index (χ0n) is 18.4. The molecule has 0 bridgehead atoms. The first-order chi connectivity index (χ1) is 16.0. The van der Waals surface area contributed by atoms with Gasteiger partial charge in [-0.2, -0.15) is 0 Å². The predicted octanol–water partition coefficient (Wildman–Crippen LogP) is 5.10. The molecule has 0 radical (unpaired) electrons. The van der Waals surface area contributed by atoms with Crippen molar-refractivity contribution in [2.45, 2.75) is 6.61 Å². The Bertz CT molecular complexity index is 1190. The van der Waals surface area contributed by atoms with Gasteiger partial charge in [0.25, 0.3) is 0 Å². The standard InChI is InChI=1S/C25H23NO7/c1-30-19-10-13-24(32-3)20(15-19)22(27)11-8-17-9-12-23(31-2)18(14-17)16-33-25-7-5-4-6-21(25)26(28)29/h4-15H,16H2,1-3H3/b11-8+. The molecule has 8 nitrogen and oxygen atoms in total. The number of methoxy groups -OCH3 is 3. The minimum absolute atomic E-state index is 0.0490. The zero-order chi connectivity index (χ0) is 23.8. The van der Waals surface area contributed by atoms with E-state index in [9.17, 15) is 14.9 Å². The maximum atomic E-state index is 12.8. The molecular formula is C25H23NO7. The minimum atomic E-state index is -0.496. The van der Waals surface area contributed by atoms with Crippen molar-refractivity contribution in [3.63, 3.8) is 0 Å². The van der Waals surface area contributed by atoms with E-state index in [0.717, 1.165) is 5.56 Å². The van der Waals surface area contributed by atoms with Gasteiger partial charge in [0, 0.05) is 11.6 Å². The number of nitro benzene ring substituents is 1. The predicted molar refractivity (Wildman–Crippen MR) is 123 cm³/mol. The number of rotatable bonds is 10. The molecule has 0 spiro atoms. The number of carbonyl (C=O) groups excluding carboxylic acids is 1. The molecule has 8 heteroatoms. The molecule has 0 unspecified atom stereocenters. The summed E-state index contributed by atoms with van der Waals surface area (Å²) in [5, 5.41) is 11.2. The summed E-state index contributed by atoms with van der Waals surface area (Å²) in [5.41, 5.74) is 1.66. The van der Waals surface area contributed by atoms with Crippen LogP contribution in [0.25, 0.3) is 6.08 Å². The second-order valence-electron chi connectivity index (χ2n) is 6.85. The topological polar surface area (TPSA) is 97.1 Å². The lowest BCUT2D eigenvalue weighted by atomic mass is 10.1. The average Bonchev–Trinajstić information content (AvgIpc) is 2.85. The Morgan fingerprint density at radius 3 is 2.33 bits per heavy atom. The second-order valence-corrected chi connectivity index (χ2v) is 6.85. The Morgan fingerprint density at radius 2 is 1.64 bits per heavy atom. The van der Waals surface area contributed by atoms with Gasteiger partial charge in [-0.05, 0) is 48.0 Å². The molecule has 0 saturated heterocycles. The molecule has 3 aromatic carbocycles. The van der Waals surface area contributed by atoms with Crippen LogP contribution < -0.4 is 18.9 Å². The molecule has 0 aliphatic heterocycles. The molecule has 0 saturated carbocycles. The molecule has 0 heterocycles. The van der Waals surface area contributed by atoms with Crippen molar-refractivity contribution in [2.24, 2.45) is 0 Å². The molecule has 0 aromatic heterocycles. The normalized spacial score (nSPS) is 10.6. The highest BCUT2D eigenvalue weighted by atomic mass is 16.6.